The van der Waals surface area contributed by atoms with Crippen LogP contribution in [0.3, 0.4) is 0 Å². The molecule has 0 radical (unpaired) electrons. The van der Waals surface area contributed by atoms with E-state index in [4.69, 9.17) is 0 Å². The maximum atomic E-state index is 11.8. The van der Waals surface area contributed by atoms with Gasteiger partial charge in [0.1, 0.15) is 0 Å². The molecule has 0 aliphatic carbocycles. The third-order valence-electron chi connectivity index (χ3n) is 2.28. The molecule has 0 saturated heterocycles. The minimum Gasteiger partial charge on any atom is -0.272 e. The van der Waals surface area contributed by atoms with Gasteiger partial charge in [-0.25, -0.2) is 0 Å². The fourth-order valence-electron chi connectivity index (χ4n) is 1.34. The molecule has 1 aromatic rings. The lowest BCUT2D eigenvalue weighted by Gasteiger charge is -2.06. The number of hydrogen-bond donors (Lipinski definition) is 1. The van der Waals surface area contributed by atoms with E-state index in [9.17, 15) is 9.28 Å². The van der Waals surface area contributed by atoms with Gasteiger partial charge in [0.05, 0.1) is 6.42 Å². The molecule has 14 heavy (non-hydrogen) atoms. The van der Waals surface area contributed by atoms with Crippen molar-refractivity contribution in [2.24, 2.45) is 0 Å². The average Bonchev–Trinajstić information content (AvgIpc) is 2.21. The standard InChI is InChI=1S/C11H14FNO/c1-3-9-5-4-8(2)10(6-9)7-11(14)13-12/h4-6H,3,7H2,1-2H3,(H,13,14). The lowest BCUT2D eigenvalue weighted by Crippen LogP contribution is -2.16. The van der Waals surface area contributed by atoms with E-state index in [0.717, 1.165) is 28.7 Å². The van der Waals surface area contributed by atoms with Crippen molar-refractivity contribution in [3.63, 3.8) is 0 Å². The van der Waals surface area contributed by atoms with Crippen LogP contribution in [-0.2, 0) is 17.6 Å². The van der Waals surface area contributed by atoms with Crippen LogP contribution in [-0.4, -0.2) is 5.91 Å². The van der Waals surface area contributed by atoms with Crippen molar-refractivity contribution in [2.45, 2.75) is 26.7 Å². The first kappa shape index (κ1) is 10.7. The van der Waals surface area contributed by atoms with Crippen LogP contribution in [0.2, 0.25) is 0 Å². The fraction of sp³-hybridized carbons (Fsp3) is 0.364. The Morgan fingerprint density at radius 2 is 2.21 bits per heavy atom. The second-order valence-corrected chi connectivity index (χ2v) is 3.31. The van der Waals surface area contributed by atoms with Gasteiger partial charge in [0.2, 0.25) is 0 Å². The molecule has 0 bridgehead atoms. The highest BCUT2D eigenvalue weighted by molar-refractivity contribution is 5.77. The van der Waals surface area contributed by atoms with Gasteiger partial charge in [-0.15, -0.1) is 4.48 Å². The molecular weight excluding hydrogens is 181 g/mol. The Morgan fingerprint density at radius 3 is 2.79 bits per heavy atom. The normalized spacial score (nSPS) is 9.93. The first-order valence-electron chi connectivity index (χ1n) is 4.65. The summed E-state index contributed by atoms with van der Waals surface area (Å²) in [6.45, 7) is 3.96. The van der Waals surface area contributed by atoms with Gasteiger partial charge in [0, 0.05) is 0 Å². The van der Waals surface area contributed by atoms with Gasteiger partial charge in [0.25, 0.3) is 5.91 Å². The van der Waals surface area contributed by atoms with E-state index >= 15 is 0 Å². The van der Waals surface area contributed by atoms with Crippen molar-refractivity contribution in [3.05, 3.63) is 34.9 Å². The second kappa shape index (κ2) is 4.74. The number of nitrogens with one attached hydrogen (secondary N) is 1. The van der Waals surface area contributed by atoms with Crippen LogP contribution in [0.1, 0.15) is 23.6 Å². The van der Waals surface area contributed by atoms with Crippen LogP contribution >= 0.6 is 0 Å². The van der Waals surface area contributed by atoms with Crippen LogP contribution in [0.5, 0.6) is 0 Å². The molecule has 1 N–H and O–H groups in total. The maximum Gasteiger partial charge on any atom is 0.252 e. The highest BCUT2D eigenvalue weighted by Gasteiger charge is 2.05. The highest BCUT2D eigenvalue weighted by Crippen LogP contribution is 2.12. The SMILES string of the molecule is CCc1ccc(C)c(CC(=O)NF)c1. The Labute approximate surface area is 83.1 Å². The molecule has 0 aromatic heterocycles. The molecule has 1 aromatic carbocycles. The summed E-state index contributed by atoms with van der Waals surface area (Å²) < 4.78 is 11.8. The minimum atomic E-state index is -0.596. The summed E-state index contributed by atoms with van der Waals surface area (Å²) in [4.78, 5) is 10.8. The Morgan fingerprint density at radius 1 is 1.50 bits per heavy atom. The predicted molar refractivity (Wildman–Crippen MR) is 53.5 cm³/mol. The van der Waals surface area contributed by atoms with E-state index in [1.54, 1.807) is 0 Å². The zero-order valence-corrected chi connectivity index (χ0v) is 8.43. The Bertz CT molecular complexity index is 336. The molecule has 76 valence electrons. The number of carbonyl (C=O) groups is 1. The number of hydrogen-bond acceptors (Lipinski definition) is 1. The molecule has 0 unspecified atom stereocenters. The Kier molecular flexibility index (Phi) is 3.63. The van der Waals surface area contributed by atoms with Crippen molar-refractivity contribution < 1.29 is 9.28 Å². The monoisotopic (exact) mass is 195 g/mol. The Hall–Kier alpha value is -1.38. The molecule has 2 nitrogen and oxygen atoms in total. The first-order valence-corrected chi connectivity index (χ1v) is 4.65. The molecular formula is C11H14FNO. The molecule has 3 heteroatoms. The topological polar surface area (TPSA) is 29.1 Å². The molecule has 0 aliphatic heterocycles. The average molecular weight is 195 g/mol. The van der Waals surface area contributed by atoms with E-state index < -0.39 is 5.91 Å². The van der Waals surface area contributed by atoms with Crippen LogP contribution in [0.15, 0.2) is 18.2 Å². The first-order chi connectivity index (χ1) is 6.67. The van der Waals surface area contributed by atoms with Crippen molar-refractivity contribution in [1.82, 2.24) is 5.54 Å². The molecule has 0 saturated carbocycles. The zero-order valence-electron chi connectivity index (χ0n) is 8.43. The number of aryl methyl sites for hydroxylation is 2. The molecule has 0 heterocycles. The van der Waals surface area contributed by atoms with Gasteiger partial charge >= 0.3 is 0 Å². The lowest BCUT2D eigenvalue weighted by molar-refractivity contribution is -0.124. The van der Waals surface area contributed by atoms with Crippen molar-refractivity contribution >= 4 is 5.91 Å². The third-order valence-corrected chi connectivity index (χ3v) is 2.28. The minimum absolute atomic E-state index is 0.107. The quantitative estimate of drug-likeness (QED) is 0.735. The number of amides is 1. The fourth-order valence-corrected chi connectivity index (χ4v) is 1.34. The summed E-state index contributed by atoms with van der Waals surface area (Å²) in [6.07, 6.45) is 1.03. The van der Waals surface area contributed by atoms with Gasteiger partial charge in [-0.3, -0.25) is 4.79 Å². The number of benzene rings is 1. The Balaban J connectivity index is 2.89. The van der Waals surface area contributed by atoms with Gasteiger partial charge in [-0.2, -0.15) is 5.54 Å². The summed E-state index contributed by atoms with van der Waals surface area (Å²) in [7, 11) is 0. The van der Waals surface area contributed by atoms with Gasteiger partial charge < -0.3 is 0 Å². The summed E-state index contributed by atoms with van der Waals surface area (Å²) in [5.74, 6) is -0.596. The third kappa shape index (κ3) is 2.55. The number of rotatable bonds is 3. The van der Waals surface area contributed by atoms with E-state index in [0.29, 0.717) is 0 Å². The van der Waals surface area contributed by atoms with Crippen molar-refractivity contribution in [1.29, 1.82) is 0 Å². The summed E-state index contributed by atoms with van der Waals surface area (Å²) in [5.41, 5.74) is 4.21. The largest absolute Gasteiger partial charge is 0.272 e. The molecule has 0 aliphatic rings. The van der Waals surface area contributed by atoms with Gasteiger partial charge in [-0.1, -0.05) is 25.1 Å². The zero-order chi connectivity index (χ0) is 10.6. The van der Waals surface area contributed by atoms with Gasteiger partial charge in [0.15, 0.2) is 0 Å². The molecule has 0 spiro atoms. The van der Waals surface area contributed by atoms with Crippen LogP contribution < -0.4 is 5.54 Å². The van der Waals surface area contributed by atoms with E-state index in [-0.39, 0.29) is 6.42 Å². The molecule has 1 rings (SSSR count). The predicted octanol–water partition coefficient (Wildman–Crippen LogP) is 2.10. The van der Waals surface area contributed by atoms with Crippen LogP contribution in [0.4, 0.5) is 4.48 Å². The molecule has 1 amide bonds. The van der Waals surface area contributed by atoms with E-state index in [1.165, 1.54) is 0 Å². The summed E-state index contributed by atoms with van der Waals surface area (Å²) in [5, 5.41) is 0. The van der Waals surface area contributed by atoms with E-state index in [1.807, 2.05) is 32.0 Å². The summed E-state index contributed by atoms with van der Waals surface area (Å²) in [6, 6.07) is 5.93. The van der Waals surface area contributed by atoms with Gasteiger partial charge in [-0.05, 0) is 30.0 Å². The maximum absolute atomic E-state index is 11.8. The van der Waals surface area contributed by atoms with Crippen LogP contribution in [0.25, 0.3) is 0 Å². The molecule has 0 atom stereocenters. The van der Waals surface area contributed by atoms with Crippen molar-refractivity contribution in [3.8, 4) is 0 Å². The second-order valence-electron chi connectivity index (χ2n) is 3.31. The number of halogens is 1. The number of carbonyl (C=O) groups excluding carboxylic acids is 1. The highest BCUT2D eigenvalue weighted by atomic mass is 19.2. The van der Waals surface area contributed by atoms with Crippen molar-refractivity contribution in [2.75, 3.05) is 0 Å². The van der Waals surface area contributed by atoms with E-state index in [2.05, 4.69) is 0 Å². The molecule has 0 fully saturated rings. The smallest absolute Gasteiger partial charge is 0.252 e. The lowest BCUT2D eigenvalue weighted by atomic mass is 10.0. The van der Waals surface area contributed by atoms with Crippen LogP contribution in [0, 0.1) is 6.92 Å². The summed E-state index contributed by atoms with van der Waals surface area (Å²) >= 11 is 0.